The highest BCUT2D eigenvalue weighted by Crippen LogP contribution is 2.38. The second-order valence-corrected chi connectivity index (χ2v) is 8.80. The van der Waals surface area contributed by atoms with Crippen LogP contribution < -0.4 is 10.6 Å². The highest BCUT2D eigenvalue weighted by Gasteiger charge is 2.53. The number of aromatic nitrogens is 2. The second kappa shape index (κ2) is 10.4. The largest absolute Gasteiger partial charge is 0.455 e. The minimum absolute atomic E-state index is 0.0253. The molecule has 2 N–H and O–H groups in total. The Hall–Kier alpha value is -3.78. The predicted molar refractivity (Wildman–Crippen MR) is 122 cm³/mol. The number of ether oxygens (including phenoxy) is 1. The number of β-lactam (4-membered cyclic amide) rings is 1. The summed E-state index contributed by atoms with van der Waals surface area (Å²) in [7, 11) is 1.27. The highest BCUT2D eigenvalue weighted by atomic mass is 32.2. The number of thioether (sulfide) groups is 1. The van der Waals surface area contributed by atoms with E-state index in [9.17, 15) is 19.2 Å². The third kappa shape index (κ3) is 4.77. The minimum atomic E-state index is -0.877. The van der Waals surface area contributed by atoms with Gasteiger partial charge in [-0.15, -0.1) is 23.1 Å². The fraction of sp³-hybridized carbons (Fsp3) is 0.250. The van der Waals surface area contributed by atoms with Gasteiger partial charge in [0.2, 0.25) is 6.41 Å². The van der Waals surface area contributed by atoms with E-state index < -0.39 is 29.2 Å². The number of amides is 3. The number of carbonyl (C=O) groups is 4. The second-order valence-electron chi connectivity index (χ2n) is 6.79. The van der Waals surface area contributed by atoms with Crippen molar-refractivity contribution in [3.05, 3.63) is 52.9 Å². The maximum absolute atomic E-state index is 12.9. The van der Waals surface area contributed by atoms with Gasteiger partial charge in [-0.25, -0.2) is 9.78 Å². The van der Waals surface area contributed by atoms with Gasteiger partial charge in [-0.2, -0.15) is 0 Å². The number of carbonyl (C=O) groups excluding carboxylic acids is 4. The van der Waals surface area contributed by atoms with Crippen molar-refractivity contribution in [1.29, 1.82) is 0 Å². The molecule has 34 heavy (non-hydrogen) atoms. The molecule has 4 rings (SSSR count). The van der Waals surface area contributed by atoms with Crippen LogP contribution in [0.1, 0.15) is 11.4 Å². The molecule has 2 aliphatic heterocycles. The minimum Gasteiger partial charge on any atom is -0.455 e. The van der Waals surface area contributed by atoms with Crippen LogP contribution >= 0.6 is 23.1 Å². The topological polar surface area (TPSA) is 152 Å². The maximum atomic E-state index is 12.9. The molecule has 0 radical (unpaired) electrons. The van der Waals surface area contributed by atoms with E-state index in [1.807, 2.05) is 0 Å². The molecule has 2 atom stereocenters. The SMILES string of the molecule is CON=C(C(=O)NC1C(=O)N2C(C(=O)OCc3ccccn3)=CCS[C@@H]12)c1csc(NC=O)n1. The number of nitrogens with zero attached hydrogens (tertiary/aromatic N) is 4. The first-order valence-electron chi connectivity index (χ1n) is 9.83. The van der Waals surface area contributed by atoms with Crippen LogP contribution in [0.2, 0.25) is 0 Å². The van der Waals surface area contributed by atoms with Gasteiger partial charge in [0, 0.05) is 17.3 Å². The molecule has 0 spiro atoms. The third-order valence-corrected chi connectivity index (χ3v) is 6.70. The van der Waals surface area contributed by atoms with Gasteiger partial charge in [0.15, 0.2) is 10.8 Å². The lowest BCUT2D eigenvalue weighted by molar-refractivity contribution is -0.153. The van der Waals surface area contributed by atoms with Gasteiger partial charge < -0.3 is 20.2 Å². The summed E-state index contributed by atoms with van der Waals surface area (Å²) < 4.78 is 5.30. The molecule has 2 aromatic heterocycles. The summed E-state index contributed by atoms with van der Waals surface area (Å²) >= 11 is 2.49. The molecule has 3 amide bonds. The molecule has 12 nitrogen and oxygen atoms in total. The Morgan fingerprint density at radius 1 is 1.38 bits per heavy atom. The zero-order valence-corrected chi connectivity index (χ0v) is 19.3. The number of hydrogen-bond donors (Lipinski definition) is 2. The Labute approximate surface area is 201 Å². The molecular formula is C20H18N6O6S2. The molecule has 14 heteroatoms. The smallest absolute Gasteiger partial charge is 0.355 e. The predicted octanol–water partition coefficient (Wildman–Crippen LogP) is 0.484. The Morgan fingerprint density at radius 2 is 2.24 bits per heavy atom. The molecule has 0 aliphatic carbocycles. The van der Waals surface area contributed by atoms with E-state index in [0.717, 1.165) is 11.3 Å². The number of rotatable bonds is 9. The van der Waals surface area contributed by atoms with Gasteiger partial charge in [0.25, 0.3) is 11.8 Å². The zero-order valence-electron chi connectivity index (χ0n) is 17.7. The van der Waals surface area contributed by atoms with Gasteiger partial charge in [0.05, 0.1) is 5.69 Å². The zero-order chi connectivity index (χ0) is 24.1. The van der Waals surface area contributed by atoms with Gasteiger partial charge in [-0.1, -0.05) is 11.2 Å². The molecule has 0 bridgehead atoms. The molecule has 1 fully saturated rings. The lowest BCUT2D eigenvalue weighted by Gasteiger charge is -2.48. The highest BCUT2D eigenvalue weighted by molar-refractivity contribution is 8.00. The van der Waals surface area contributed by atoms with E-state index in [1.165, 1.54) is 29.2 Å². The molecule has 1 saturated heterocycles. The Balaban J connectivity index is 1.41. The summed E-state index contributed by atoms with van der Waals surface area (Å²) in [6.45, 7) is -0.0253. The number of thiazole rings is 1. The van der Waals surface area contributed by atoms with Crippen LogP contribution in [-0.2, 0) is 35.4 Å². The average molecular weight is 503 g/mol. The maximum Gasteiger partial charge on any atom is 0.355 e. The van der Waals surface area contributed by atoms with Crippen molar-refractivity contribution in [1.82, 2.24) is 20.2 Å². The number of hydrogen-bond acceptors (Lipinski definition) is 11. The van der Waals surface area contributed by atoms with Crippen molar-refractivity contribution in [2.75, 3.05) is 18.2 Å². The molecule has 176 valence electrons. The number of fused-ring (bicyclic) bond motifs is 1. The van der Waals surface area contributed by atoms with Gasteiger partial charge >= 0.3 is 5.97 Å². The summed E-state index contributed by atoms with van der Waals surface area (Å²) in [5, 5.41) is 10.0. The number of anilines is 1. The number of oxime groups is 1. The van der Waals surface area contributed by atoms with Crippen LogP contribution in [0.5, 0.6) is 0 Å². The Bertz CT molecular complexity index is 1170. The lowest BCUT2D eigenvalue weighted by Crippen LogP contribution is -2.70. The average Bonchev–Trinajstić information content (AvgIpc) is 3.32. The molecule has 4 heterocycles. The van der Waals surface area contributed by atoms with Crippen molar-refractivity contribution in [3.8, 4) is 0 Å². The van der Waals surface area contributed by atoms with Crippen LogP contribution in [-0.4, -0.2) is 69.1 Å². The van der Waals surface area contributed by atoms with Crippen molar-refractivity contribution in [3.63, 3.8) is 0 Å². The van der Waals surface area contributed by atoms with Crippen molar-refractivity contribution in [2.24, 2.45) is 5.16 Å². The fourth-order valence-corrected chi connectivity index (χ4v) is 5.08. The molecule has 0 saturated carbocycles. The normalized spacial score (nSPS) is 19.3. The molecule has 2 aliphatic rings. The molecule has 0 aromatic carbocycles. The van der Waals surface area contributed by atoms with Crippen molar-refractivity contribution in [2.45, 2.75) is 18.0 Å². The van der Waals surface area contributed by atoms with Crippen LogP contribution in [0.3, 0.4) is 0 Å². The summed E-state index contributed by atoms with van der Waals surface area (Å²) in [6, 6.07) is 4.38. The van der Waals surface area contributed by atoms with E-state index in [1.54, 1.807) is 30.5 Å². The Kier molecular flexibility index (Phi) is 7.18. The third-order valence-electron chi connectivity index (χ3n) is 4.75. The quantitative estimate of drug-likeness (QED) is 0.164. The van der Waals surface area contributed by atoms with E-state index in [-0.39, 0.29) is 28.8 Å². The van der Waals surface area contributed by atoms with Gasteiger partial charge in [0.1, 0.15) is 36.5 Å². The monoisotopic (exact) mass is 502 g/mol. The summed E-state index contributed by atoms with van der Waals surface area (Å²) in [6.07, 6.45) is 3.67. The summed E-state index contributed by atoms with van der Waals surface area (Å²) in [5.74, 6) is -1.32. The van der Waals surface area contributed by atoms with Crippen LogP contribution in [0, 0.1) is 0 Å². The van der Waals surface area contributed by atoms with E-state index in [4.69, 9.17) is 9.57 Å². The van der Waals surface area contributed by atoms with Crippen molar-refractivity contribution < 1.29 is 28.8 Å². The molecule has 1 unspecified atom stereocenters. The van der Waals surface area contributed by atoms with Crippen LogP contribution in [0.25, 0.3) is 0 Å². The van der Waals surface area contributed by atoms with Gasteiger partial charge in [-0.05, 0) is 18.2 Å². The standard InChI is InChI=1S/C20H18N6O6S2/c1-31-25-14(12-9-34-20(23-12)22-10-27)16(28)24-15-17(29)26-13(5-7-33-18(15)26)19(30)32-8-11-4-2-3-6-21-11/h2-6,9-10,15,18H,7-8H2,1H3,(H,24,28)(H,22,23,27)/t15?,18-/m0/s1. The van der Waals surface area contributed by atoms with Gasteiger partial charge in [-0.3, -0.25) is 24.3 Å². The fourth-order valence-electron chi connectivity index (χ4n) is 3.23. The molecule has 2 aromatic rings. The lowest BCUT2D eigenvalue weighted by atomic mass is 10.0. The number of esters is 1. The van der Waals surface area contributed by atoms with E-state index >= 15 is 0 Å². The van der Waals surface area contributed by atoms with Crippen molar-refractivity contribution >= 4 is 58.1 Å². The first kappa shape index (κ1) is 23.4. The number of nitrogens with one attached hydrogen (secondary N) is 2. The summed E-state index contributed by atoms with van der Waals surface area (Å²) in [5.41, 5.74) is 0.726. The van der Waals surface area contributed by atoms with Crippen LogP contribution in [0.4, 0.5) is 5.13 Å². The van der Waals surface area contributed by atoms with E-state index in [0.29, 0.717) is 17.9 Å². The van der Waals surface area contributed by atoms with Crippen LogP contribution in [0.15, 0.2) is 46.7 Å². The number of pyridine rings is 1. The first-order valence-corrected chi connectivity index (χ1v) is 11.8. The van der Waals surface area contributed by atoms with E-state index in [2.05, 4.69) is 25.8 Å². The Morgan fingerprint density at radius 3 is 2.97 bits per heavy atom. The summed E-state index contributed by atoms with van der Waals surface area (Å²) in [4.78, 5) is 63.1. The molecular weight excluding hydrogens is 484 g/mol. The first-order chi connectivity index (χ1) is 16.5.